The van der Waals surface area contributed by atoms with E-state index in [2.05, 4.69) is 13.8 Å². The van der Waals surface area contributed by atoms with Crippen LogP contribution in [0.15, 0.2) is 0 Å². The molecule has 0 aromatic rings. The van der Waals surface area contributed by atoms with Gasteiger partial charge in [-0.15, -0.1) is 0 Å². The first-order valence-corrected chi connectivity index (χ1v) is 12.1. The highest BCUT2D eigenvalue weighted by Crippen LogP contribution is 2.68. The lowest BCUT2D eigenvalue weighted by Gasteiger charge is -2.61. The molecule has 3 heteroatoms. The maximum absolute atomic E-state index is 11.6. The summed E-state index contributed by atoms with van der Waals surface area (Å²) in [4.78, 5) is 0. The fourth-order valence-corrected chi connectivity index (χ4v) is 9.09. The van der Waals surface area contributed by atoms with E-state index in [9.17, 15) is 5.11 Å². The van der Waals surface area contributed by atoms with Gasteiger partial charge in [-0.25, -0.2) is 0 Å². The van der Waals surface area contributed by atoms with Crippen LogP contribution in [0, 0.1) is 34.5 Å². The molecule has 0 aliphatic heterocycles. The molecule has 0 saturated heterocycles. The zero-order valence-electron chi connectivity index (χ0n) is 16.4. The van der Waals surface area contributed by atoms with Crippen LogP contribution in [-0.2, 0) is 0 Å². The van der Waals surface area contributed by atoms with E-state index in [1.807, 2.05) is 11.8 Å². The standard InChI is InChI=1S/C22H39NOS/c1-20-10-4-3-5-16(20)6-7-17-18(20)8-11-21(2)19(17)9-12-22(21,24)15-25-14-13-23/h16-19,24H,3-15,23H2,1-2H3/t16-,17-,18+,19+,20+,21+,22-/m1/s1. The second-order valence-electron chi connectivity index (χ2n) is 10.3. The predicted molar refractivity (Wildman–Crippen MR) is 108 cm³/mol. The van der Waals surface area contributed by atoms with Crippen LogP contribution in [0.4, 0.5) is 0 Å². The van der Waals surface area contributed by atoms with Crippen molar-refractivity contribution in [2.75, 3.05) is 18.1 Å². The molecule has 0 bridgehead atoms. The Hall–Kier alpha value is 0.270. The zero-order chi connectivity index (χ0) is 17.7. The first kappa shape index (κ1) is 18.6. The highest BCUT2D eigenvalue weighted by atomic mass is 32.2. The van der Waals surface area contributed by atoms with E-state index in [0.717, 1.165) is 48.1 Å². The summed E-state index contributed by atoms with van der Waals surface area (Å²) in [6, 6.07) is 0. The Morgan fingerprint density at radius 3 is 2.56 bits per heavy atom. The fourth-order valence-electron chi connectivity index (χ4n) is 7.97. The van der Waals surface area contributed by atoms with Crippen molar-refractivity contribution in [1.29, 1.82) is 0 Å². The van der Waals surface area contributed by atoms with Crippen molar-refractivity contribution < 1.29 is 5.11 Å². The van der Waals surface area contributed by atoms with Crippen molar-refractivity contribution in [3.05, 3.63) is 0 Å². The lowest BCUT2D eigenvalue weighted by molar-refractivity contribution is -0.143. The average molecular weight is 366 g/mol. The molecule has 0 radical (unpaired) electrons. The smallest absolute Gasteiger partial charge is 0.0793 e. The summed E-state index contributed by atoms with van der Waals surface area (Å²) in [5.74, 6) is 5.44. The van der Waals surface area contributed by atoms with Crippen molar-refractivity contribution in [1.82, 2.24) is 0 Å². The van der Waals surface area contributed by atoms with Crippen LogP contribution in [0.2, 0.25) is 0 Å². The van der Waals surface area contributed by atoms with Crippen molar-refractivity contribution in [2.45, 2.75) is 83.7 Å². The van der Waals surface area contributed by atoms with Gasteiger partial charge in [0.1, 0.15) is 0 Å². The van der Waals surface area contributed by atoms with Gasteiger partial charge in [0.2, 0.25) is 0 Å². The Labute approximate surface area is 159 Å². The molecule has 7 atom stereocenters. The van der Waals surface area contributed by atoms with Gasteiger partial charge in [-0.05, 0) is 80.5 Å². The Morgan fingerprint density at radius 1 is 0.960 bits per heavy atom. The van der Waals surface area contributed by atoms with Gasteiger partial charge in [0.15, 0.2) is 0 Å². The van der Waals surface area contributed by atoms with Crippen LogP contribution in [0.1, 0.15) is 78.1 Å². The van der Waals surface area contributed by atoms with Crippen LogP contribution in [-0.4, -0.2) is 28.8 Å². The molecule has 0 aromatic heterocycles. The first-order valence-electron chi connectivity index (χ1n) is 10.9. The molecule has 25 heavy (non-hydrogen) atoms. The lowest BCUT2D eigenvalue weighted by atomic mass is 9.44. The molecule has 0 heterocycles. The van der Waals surface area contributed by atoms with Gasteiger partial charge in [0, 0.05) is 23.5 Å². The van der Waals surface area contributed by atoms with Gasteiger partial charge in [-0.1, -0.05) is 26.7 Å². The van der Waals surface area contributed by atoms with Gasteiger partial charge in [0.05, 0.1) is 5.60 Å². The first-order chi connectivity index (χ1) is 11.9. The number of fused-ring (bicyclic) bond motifs is 5. The minimum absolute atomic E-state index is 0.146. The van der Waals surface area contributed by atoms with E-state index < -0.39 is 5.60 Å². The van der Waals surface area contributed by atoms with Crippen molar-refractivity contribution in [2.24, 2.45) is 40.2 Å². The van der Waals surface area contributed by atoms with E-state index in [1.165, 1.54) is 57.8 Å². The molecule has 4 fully saturated rings. The molecule has 0 spiro atoms. The van der Waals surface area contributed by atoms with E-state index in [4.69, 9.17) is 5.73 Å². The van der Waals surface area contributed by atoms with Gasteiger partial charge < -0.3 is 10.8 Å². The van der Waals surface area contributed by atoms with Crippen molar-refractivity contribution >= 4 is 11.8 Å². The summed E-state index contributed by atoms with van der Waals surface area (Å²) in [7, 11) is 0. The Bertz CT molecular complexity index is 498. The Kier molecular flexibility index (Phi) is 5.00. The van der Waals surface area contributed by atoms with E-state index in [-0.39, 0.29) is 5.41 Å². The third kappa shape index (κ3) is 2.74. The third-order valence-electron chi connectivity index (χ3n) is 9.51. The lowest BCUT2D eigenvalue weighted by Crippen LogP contribution is -2.56. The molecule has 4 saturated carbocycles. The summed E-state index contributed by atoms with van der Waals surface area (Å²) in [6.07, 6.45) is 13.7. The number of hydrogen-bond donors (Lipinski definition) is 2. The summed E-state index contributed by atoms with van der Waals surface area (Å²) < 4.78 is 0. The highest BCUT2D eigenvalue weighted by Gasteiger charge is 2.64. The number of nitrogens with two attached hydrogens (primary N) is 1. The summed E-state index contributed by atoms with van der Waals surface area (Å²) >= 11 is 1.88. The minimum Gasteiger partial charge on any atom is -0.388 e. The molecule has 0 amide bonds. The molecule has 0 unspecified atom stereocenters. The van der Waals surface area contributed by atoms with Crippen LogP contribution in [0.25, 0.3) is 0 Å². The summed E-state index contributed by atoms with van der Waals surface area (Å²) in [5.41, 5.74) is 5.99. The van der Waals surface area contributed by atoms with Gasteiger partial charge in [0.25, 0.3) is 0 Å². The number of hydrogen-bond acceptors (Lipinski definition) is 3. The summed E-state index contributed by atoms with van der Waals surface area (Å²) in [5, 5.41) is 11.6. The maximum atomic E-state index is 11.6. The molecule has 2 nitrogen and oxygen atoms in total. The highest BCUT2D eigenvalue weighted by molar-refractivity contribution is 7.99. The fraction of sp³-hybridized carbons (Fsp3) is 1.00. The van der Waals surface area contributed by atoms with Crippen LogP contribution < -0.4 is 5.73 Å². The third-order valence-corrected chi connectivity index (χ3v) is 10.7. The van der Waals surface area contributed by atoms with Crippen molar-refractivity contribution in [3.63, 3.8) is 0 Å². The zero-order valence-corrected chi connectivity index (χ0v) is 17.3. The second-order valence-corrected chi connectivity index (χ2v) is 11.4. The maximum Gasteiger partial charge on any atom is 0.0793 e. The number of rotatable bonds is 4. The Balaban J connectivity index is 1.55. The van der Waals surface area contributed by atoms with Crippen LogP contribution in [0.5, 0.6) is 0 Å². The van der Waals surface area contributed by atoms with Gasteiger partial charge in [-0.3, -0.25) is 0 Å². The van der Waals surface area contributed by atoms with E-state index in [1.54, 1.807) is 0 Å². The van der Waals surface area contributed by atoms with E-state index >= 15 is 0 Å². The quantitative estimate of drug-likeness (QED) is 0.701. The molecule has 144 valence electrons. The minimum atomic E-state index is -0.452. The van der Waals surface area contributed by atoms with E-state index in [0.29, 0.717) is 5.41 Å². The normalized spacial score (nSPS) is 52.3. The SMILES string of the molecule is C[C@]12CCCC[C@@H]1CC[C@@H]1[C@@H]2CC[C@@]2(C)[C@H]1CC[C@@]2(O)CSCCN. The molecule has 3 N–H and O–H groups in total. The predicted octanol–water partition coefficient (Wildman–Crippen LogP) is 4.84. The number of aliphatic hydroxyl groups is 1. The van der Waals surface area contributed by atoms with Gasteiger partial charge in [-0.2, -0.15) is 11.8 Å². The molecule has 4 aliphatic rings. The Morgan fingerprint density at radius 2 is 1.76 bits per heavy atom. The van der Waals surface area contributed by atoms with Crippen LogP contribution >= 0.6 is 11.8 Å². The average Bonchev–Trinajstić information content (AvgIpc) is 2.86. The van der Waals surface area contributed by atoms with Crippen molar-refractivity contribution in [3.8, 4) is 0 Å². The summed E-state index contributed by atoms with van der Waals surface area (Å²) in [6.45, 7) is 5.82. The number of thioether (sulfide) groups is 1. The molecule has 0 aromatic carbocycles. The largest absolute Gasteiger partial charge is 0.388 e. The molecule has 4 aliphatic carbocycles. The molecule has 4 rings (SSSR count). The molecular weight excluding hydrogens is 326 g/mol. The van der Waals surface area contributed by atoms with Gasteiger partial charge >= 0.3 is 0 Å². The van der Waals surface area contributed by atoms with Crippen LogP contribution in [0.3, 0.4) is 0 Å². The monoisotopic (exact) mass is 365 g/mol. The topological polar surface area (TPSA) is 46.2 Å². The molecular formula is C22H39NOS. The second kappa shape index (κ2) is 6.71.